The quantitative estimate of drug-likeness (QED) is 0.259. The highest BCUT2D eigenvalue weighted by Gasteiger charge is 2.33. The Morgan fingerprint density at radius 1 is 1.14 bits per heavy atom. The summed E-state index contributed by atoms with van der Waals surface area (Å²) in [4.78, 5) is 16.9. The van der Waals surface area contributed by atoms with Gasteiger partial charge in [-0.15, -0.1) is 0 Å². The molecule has 0 saturated heterocycles. The molecular weight excluding hydrogens is 362 g/mol. The Bertz CT molecular complexity index is 484. The molecule has 29 heavy (non-hydrogen) atoms. The van der Waals surface area contributed by atoms with Crippen molar-refractivity contribution in [1.82, 2.24) is 0 Å². The van der Waals surface area contributed by atoms with Crippen molar-refractivity contribution >= 4 is 11.7 Å². The fraction of sp³-hybridized carbons (Fsp3) is 0.920. The van der Waals surface area contributed by atoms with E-state index in [4.69, 9.17) is 9.47 Å². The first-order chi connectivity index (χ1) is 13.7. The fourth-order valence-corrected chi connectivity index (χ4v) is 4.33. The smallest absolute Gasteiger partial charge is 0.308 e. The Morgan fingerprint density at radius 2 is 1.86 bits per heavy atom. The number of ether oxygens (including phenoxy) is 2. The maximum atomic E-state index is 12.3. The molecule has 0 spiro atoms. The van der Waals surface area contributed by atoms with Crippen LogP contribution in [0.5, 0.6) is 0 Å². The van der Waals surface area contributed by atoms with E-state index in [1.165, 1.54) is 25.7 Å². The molecule has 170 valence electrons. The summed E-state index contributed by atoms with van der Waals surface area (Å²) in [7, 11) is 0. The van der Waals surface area contributed by atoms with Gasteiger partial charge in [-0.25, -0.2) is 0 Å². The lowest BCUT2D eigenvalue weighted by Gasteiger charge is -2.36. The number of hydrogen-bond acceptors (Lipinski definition) is 4. The Labute approximate surface area is 180 Å². The van der Waals surface area contributed by atoms with E-state index in [1.54, 1.807) is 0 Å². The molecule has 4 heteroatoms. The fourth-order valence-electron chi connectivity index (χ4n) is 4.33. The van der Waals surface area contributed by atoms with Crippen LogP contribution in [0.25, 0.3) is 0 Å². The van der Waals surface area contributed by atoms with Gasteiger partial charge in [0.15, 0.2) is 0 Å². The molecule has 1 rings (SSSR count). The average Bonchev–Trinajstić information content (AvgIpc) is 2.64. The third kappa shape index (κ3) is 11.2. The van der Waals surface area contributed by atoms with Crippen LogP contribution in [0.2, 0.25) is 0 Å². The number of carbonyl (C=O) groups is 1. The second kappa shape index (κ2) is 14.2. The second-order valence-electron chi connectivity index (χ2n) is 9.78. The summed E-state index contributed by atoms with van der Waals surface area (Å²) in [5, 5.41) is 0. The summed E-state index contributed by atoms with van der Waals surface area (Å²) in [6.07, 6.45) is 8.63. The lowest BCUT2D eigenvalue weighted by molar-refractivity contribution is -0.157. The Hall–Kier alpha value is -0.900. The number of aliphatic imine (C=N–C) groups is 1. The molecule has 1 fully saturated rings. The van der Waals surface area contributed by atoms with Crippen LogP contribution in [0.4, 0.5) is 0 Å². The van der Waals surface area contributed by atoms with E-state index in [0.717, 1.165) is 31.5 Å². The largest absolute Gasteiger partial charge is 0.462 e. The van der Waals surface area contributed by atoms with Gasteiger partial charge < -0.3 is 9.47 Å². The Morgan fingerprint density at radius 3 is 2.48 bits per heavy atom. The molecule has 1 aliphatic carbocycles. The zero-order chi connectivity index (χ0) is 21.8. The minimum atomic E-state index is -0.0965. The molecule has 1 aliphatic rings. The van der Waals surface area contributed by atoms with E-state index in [2.05, 4.69) is 53.5 Å². The summed E-state index contributed by atoms with van der Waals surface area (Å²) in [6, 6.07) is 0. The summed E-state index contributed by atoms with van der Waals surface area (Å²) in [5.74, 6) is 2.29. The van der Waals surface area contributed by atoms with Crippen molar-refractivity contribution in [3.63, 3.8) is 0 Å². The van der Waals surface area contributed by atoms with E-state index >= 15 is 0 Å². The summed E-state index contributed by atoms with van der Waals surface area (Å²) >= 11 is 0. The molecule has 0 radical (unpaired) electrons. The molecule has 0 bridgehead atoms. The number of rotatable bonds is 13. The first-order valence-electron chi connectivity index (χ1n) is 12.0. The van der Waals surface area contributed by atoms with Gasteiger partial charge in [-0.1, -0.05) is 47.0 Å². The van der Waals surface area contributed by atoms with Crippen LogP contribution in [0.3, 0.4) is 0 Å². The predicted molar refractivity (Wildman–Crippen MR) is 123 cm³/mol. The first kappa shape index (κ1) is 26.1. The standard InChI is InChI=1S/C25H47NO3/c1-8-22(17-26-19(4)5)11-9-10-21(7)28-15-14-25(27)29-24-16-20(6)12-13-23(24)18(2)3/h18,20-24H,8-17H2,1-7H3. The number of hydrogen-bond donors (Lipinski definition) is 0. The third-order valence-corrected chi connectivity index (χ3v) is 6.42. The van der Waals surface area contributed by atoms with E-state index in [0.29, 0.717) is 36.7 Å². The first-order valence-corrected chi connectivity index (χ1v) is 12.0. The average molecular weight is 410 g/mol. The van der Waals surface area contributed by atoms with Crippen molar-refractivity contribution in [2.45, 2.75) is 112 Å². The highest BCUT2D eigenvalue weighted by atomic mass is 16.5. The topological polar surface area (TPSA) is 47.9 Å². The van der Waals surface area contributed by atoms with Gasteiger partial charge >= 0.3 is 5.97 Å². The molecule has 0 amide bonds. The third-order valence-electron chi connectivity index (χ3n) is 6.42. The van der Waals surface area contributed by atoms with Gasteiger partial charge in [-0.2, -0.15) is 0 Å². The van der Waals surface area contributed by atoms with Crippen molar-refractivity contribution < 1.29 is 14.3 Å². The van der Waals surface area contributed by atoms with Crippen LogP contribution in [0, 0.1) is 23.7 Å². The minimum absolute atomic E-state index is 0.0871. The Kier molecular flexibility index (Phi) is 12.8. The van der Waals surface area contributed by atoms with Gasteiger partial charge in [0.05, 0.1) is 19.1 Å². The molecule has 0 aromatic rings. The van der Waals surface area contributed by atoms with Gasteiger partial charge in [0.25, 0.3) is 0 Å². The maximum Gasteiger partial charge on any atom is 0.308 e. The van der Waals surface area contributed by atoms with Crippen molar-refractivity contribution in [3.05, 3.63) is 0 Å². The molecular formula is C25H47NO3. The molecule has 1 saturated carbocycles. The SMILES string of the molecule is CCC(CCCC(C)OCCC(=O)OC1CC(C)CCC1C(C)C)CN=C(C)C. The van der Waals surface area contributed by atoms with Crippen LogP contribution < -0.4 is 0 Å². The normalized spacial score (nSPS) is 24.2. The van der Waals surface area contributed by atoms with E-state index in [-0.39, 0.29) is 18.2 Å². The monoisotopic (exact) mass is 409 g/mol. The van der Waals surface area contributed by atoms with Crippen LogP contribution in [-0.2, 0) is 14.3 Å². The van der Waals surface area contributed by atoms with Crippen molar-refractivity contribution in [2.75, 3.05) is 13.2 Å². The summed E-state index contributed by atoms with van der Waals surface area (Å²) in [5.41, 5.74) is 1.16. The molecule has 5 unspecified atom stereocenters. The van der Waals surface area contributed by atoms with Crippen LogP contribution in [0.15, 0.2) is 4.99 Å². The van der Waals surface area contributed by atoms with Gasteiger partial charge in [-0.3, -0.25) is 9.79 Å². The van der Waals surface area contributed by atoms with Crippen LogP contribution >= 0.6 is 0 Å². The van der Waals surface area contributed by atoms with Gasteiger partial charge in [-0.05, 0) is 70.1 Å². The summed E-state index contributed by atoms with van der Waals surface area (Å²) in [6.45, 7) is 16.6. The van der Waals surface area contributed by atoms with Gasteiger partial charge in [0.1, 0.15) is 6.10 Å². The number of carbonyl (C=O) groups excluding carboxylic acids is 1. The Balaban J connectivity index is 2.23. The molecule has 0 heterocycles. The summed E-state index contributed by atoms with van der Waals surface area (Å²) < 4.78 is 11.7. The molecule has 0 aromatic carbocycles. The van der Waals surface area contributed by atoms with Crippen LogP contribution in [-0.4, -0.2) is 37.0 Å². The lowest BCUT2D eigenvalue weighted by atomic mass is 9.75. The molecule has 4 nitrogen and oxygen atoms in total. The predicted octanol–water partition coefficient (Wildman–Crippen LogP) is 6.46. The minimum Gasteiger partial charge on any atom is -0.462 e. The highest BCUT2D eigenvalue weighted by molar-refractivity contribution is 5.79. The highest BCUT2D eigenvalue weighted by Crippen LogP contribution is 2.35. The zero-order valence-electron chi connectivity index (χ0n) is 20.2. The molecule has 0 aliphatic heterocycles. The van der Waals surface area contributed by atoms with Gasteiger partial charge in [0.2, 0.25) is 0 Å². The van der Waals surface area contributed by atoms with Crippen molar-refractivity contribution in [1.29, 1.82) is 0 Å². The van der Waals surface area contributed by atoms with Crippen molar-refractivity contribution in [2.24, 2.45) is 28.7 Å². The van der Waals surface area contributed by atoms with E-state index in [9.17, 15) is 4.79 Å². The van der Waals surface area contributed by atoms with Gasteiger partial charge in [0, 0.05) is 12.3 Å². The molecule has 5 atom stereocenters. The van der Waals surface area contributed by atoms with E-state index in [1.807, 2.05) is 0 Å². The molecule has 0 N–H and O–H groups in total. The zero-order valence-corrected chi connectivity index (χ0v) is 20.2. The number of nitrogens with zero attached hydrogens (tertiary/aromatic N) is 1. The maximum absolute atomic E-state index is 12.3. The van der Waals surface area contributed by atoms with Crippen LogP contribution in [0.1, 0.15) is 99.8 Å². The number of esters is 1. The second-order valence-corrected chi connectivity index (χ2v) is 9.78. The van der Waals surface area contributed by atoms with Crippen molar-refractivity contribution in [3.8, 4) is 0 Å². The molecule has 0 aromatic heterocycles. The van der Waals surface area contributed by atoms with E-state index < -0.39 is 0 Å². The lowest BCUT2D eigenvalue weighted by Crippen LogP contribution is -2.36.